The van der Waals surface area contributed by atoms with Crippen molar-refractivity contribution >= 4 is 11.0 Å². The van der Waals surface area contributed by atoms with Gasteiger partial charge in [-0.1, -0.05) is 26.0 Å². The van der Waals surface area contributed by atoms with Crippen LogP contribution in [0.3, 0.4) is 0 Å². The number of H-pyrrole nitrogens is 1. The third kappa shape index (κ3) is 2.89. The van der Waals surface area contributed by atoms with Crippen LogP contribution in [0.1, 0.15) is 25.0 Å². The molecule has 0 saturated carbocycles. The van der Waals surface area contributed by atoms with Crippen molar-refractivity contribution in [3.05, 3.63) is 59.8 Å². The lowest BCUT2D eigenvalue weighted by Crippen LogP contribution is -2.32. The van der Waals surface area contributed by atoms with Crippen LogP contribution in [0.4, 0.5) is 0 Å². The summed E-state index contributed by atoms with van der Waals surface area (Å²) in [6.45, 7) is 7.73. The van der Waals surface area contributed by atoms with E-state index in [1.165, 1.54) is 28.2 Å². The Kier molecular flexibility index (Phi) is 3.66. The molecule has 0 saturated heterocycles. The first kappa shape index (κ1) is 14.5. The SMILES string of the molecule is C[C](C)CN1CCc2ccc(-c3cnc4[nH]ccc4c3)cc2C1. The van der Waals surface area contributed by atoms with Gasteiger partial charge in [0.2, 0.25) is 0 Å². The van der Waals surface area contributed by atoms with Gasteiger partial charge < -0.3 is 4.98 Å². The molecule has 0 fully saturated rings. The molecule has 0 bridgehead atoms. The van der Waals surface area contributed by atoms with E-state index in [0.717, 1.165) is 37.1 Å². The number of fused-ring (bicyclic) bond motifs is 2. The maximum Gasteiger partial charge on any atom is 0.137 e. The predicted molar refractivity (Wildman–Crippen MR) is 95.1 cm³/mol. The van der Waals surface area contributed by atoms with E-state index in [1.54, 1.807) is 0 Å². The number of rotatable bonds is 3. The molecule has 1 aliphatic heterocycles. The van der Waals surface area contributed by atoms with Crippen LogP contribution in [-0.2, 0) is 13.0 Å². The lowest BCUT2D eigenvalue weighted by atomic mass is 9.94. The van der Waals surface area contributed by atoms with Gasteiger partial charge in [-0.15, -0.1) is 0 Å². The third-order valence-electron chi connectivity index (χ3n) is 4.57. The Balaban J connectivity index is 1.66. The highest BCUT2D eigenvalue weighted by Gasteiger charge is 2.17. The molecule has 1 aliphatic rings. The molecule has 1 aromatic carbocycles. The van der Waals surface area contributed by atoms with E-state index < -0.39 is 0 Å². The van der Waals surface area contributed by atoms with Crippen LogP contribution in [0.2, 0.25) is 0 Å². The number of aromatic amines is 1. The van der Waals surface area contributed by atoms with Crippen molar-refractivity contribution in [2.45, 2.75) is 26.8 Å². The highest BCUT2D eigenvalue weighted by atomic mass is 15.1. The van der Waals surface area contributed by atoms with Crippen LogP contribution in [0.5, 0.6) is 0 Å². The van der Waals surface area contributed by atoms with Gasteiger partial charge in [0.25, 0.3) is 0 Å². The van der Waals surface area contributed by atoms with E-state index in [1.807, 2.05) is 12.4 Å². The van der Waals surface area contributed by atoms with Crippen molar-refractivity contribution in [3.8, 4) is 11.1 Å². The summed E-state index contributed by atoms with van der Waals surface area (Å²) in [5, 5.41) is 1.16. The van der Waals surface area contributed by atoms with Crippen molar-refractivity contribution in [1.29, 1.82) is 0 Å². The second-order valence-electron chi connectivity index (χ2n) is 6.79. The summed E-state index contributed by atoms with van der Waals surface area (Å²) in [5.74, 6) is 1.48. The first-order valence-corrected chi connectivity index (χ1v) is 8.26. The number of nitrogens with zero attached hydrogens (tertiary/aromatic N) is 2. The number of benzene rings is 1. The fourth-order valence-corrected chi connectivity index (χ4v) is 3.47. The first-order chi connectivity index (χ1) is 11.2. The highest BCUT2D eigenvalue weighted by molar-refractivity contribution is 5.81. The molecule has 0 spiro atoms. The monoisotopic (exact) mass is 304 g/mol. The smallest absolute Gasteiger partial charge is 0.137 e. The van der Waals surface area contributed by atoms with E-state index >= 15 is 0 Å². The summed E-state index contributed by atoms with van der Waals surface area (Å²) in [7, 11) is 0. The minimum atomic E-state index is 0.951. The number of hydrogen-bond acceptors (Lipinski definition) is 2. The molecule has 23 heavy (non-hydrogen) atoms. The van der Waals surface area contributed by atoms with Crippen LogP contribution in [0, 0.1) is 5.92 Å². The molecule has 1 radical (unpaired) electrons. The maximum atomic E-state index is 4.51. The second kappa shape index (κ2) is 5.82. The molecule has 3 aromatic rings. The Hall–Kier alpha value is -2.13. The summed E-state index contributed by atoms with van der Waals surface area (Å²) in [5.41, 5.74) is 6.36. The highest BCUT2D eigenvalue weighted by Crippen LogP contribution is 2.28. The fraction of sp³-hybridized carbons (Fsp3) is 0.300. The zero-order chi connectivity index (χ0) is 15.8. The Morgan fingerprint density at radius 3 is 2.91 bits per heavy atom. The van der Waals surface area contributed by atoms with Gasteiger partial charge in [-0.2, -0.15) is 0 Å². The summed E-state index contributed by atoms with van der Waals surface area (Å²) < 4.78 is 0. The number of nitrogens with one attached hydrogen (secondary N) is 1. The summed E-state index contributed by atoms with van der Waals surface area (Å²) >= 11 is 0. The molecule has 0 amide bonds. The third-order valence-corrected chi connectivity index (χ3v) is 4.57. The Morgan fingerprint density at radius 2 is 2.04 bits per heavy atom. The Labute approximate surface area is 137 Å². The number of pyridine rings is 1. The first-order valence-electron chi connectivity index (χ1n) is 8.26. The number of hydrogen-bond donors (Lipinski definition) is 1. The summed E-state index contributed by atoms with van der Waals surface area (Å²) in [4.78, 5) is 10.2. The molecule has 3 nitrogen and oxygen atoms in total. The van der Waals surface area contributed by atoms with Gasteiger partial charge in [-0.3, -0.25) is 4.90 Å². The molecule has 2 aromatic heterocycles. The molecule has 4 rings (SSSR count). The maximum absolute atomic E-state index is 4.51. The van der Waals surface area contributed by atoms with Gasteiger partial charge in [-0.25, -0.2) is 4.98 Å². The van der Waals surface area contributed by atoms with E-state index in [0.29, 0.717) is 0 Å². The zero-order valence-corrected chi connectivity index (χ0v) is 13.8. The normalized spacial score (nSPS) is 15.3. The van der Waals surface area contributed by atoms with Crippen molar-refractivity contribution in [1.82, 2.24) is 14.9 Å². The number of aromatic nitrogens is 2. The average Bonchev–Trinajstić information content (AvgIpc) is 3.01. The molecule has 117 valence electrons. The summed E-state index contributed by atoms with van der Waals surface area (Å²) in [6, 6.07) is 11.2. The van der Waals surface area contributed by atoms with Crippen LogP contribution < -0.4 is 0 Å². The van der Waals surface area contributed by atoms with Crippen LogP contribution in [-0.4, -0.2) is 28.0 Å². The molecule has 3 heterocycles. The summed E-state index contributed by atoms with van der Waals surface area (Å²) in [6.07, 6.45) is 5.05. The van der Waals surface area contributed by atoms with E-state index in [2.05, 4.69) is 59.0 Å². The van der Waals surface area contributed by atoms with Gasteiger partial charge in [0, 0.05) is 43.0 Å². The standard InChI is InChI=1S/C20H22N3/c1-14(2)12-23-8-6-15-3-4-16(9-19(15)13-23)18-10-17-5-7-21-20(17)22-11-18/h3-5,7,9-11H,6,8,12-13H2,1-2H3,(H,21,22). The average molecular weight is 304 g/mol. The van der Waals surface area contributed by atoms with Crippen molar-refractivity contribution in [3.63, 3.8) is 0 Å². The molecule has 3 heteroatoms. The Morgan fingerprint density at radius 1 is 1.13 bits per heavy atom. The van der Waals surface area contributed by atoms with E-state index in [9.17, 15) is 0 Å². The lowest BCUT2D eigenvalue weighted by Gasteiger charge is -2.30. The molecule has 0 unspecified atom stereocenters. The van der Waals surface area contributed by atoms with Gasteiger partial charge in [0.15, 0.2) is 0 Å². The minimum Gasteiger partial charge on any atom is -0.346 e. The minimum absolute atomic E-state index is 0.951. The van der Waals surface area contributed by atoms with Crippen LogP contribution in [0.15, 0.2) is 42.7 Å². The van der Waals surface area contributed by atoms with Gasteiger partial charge in [0.1, 0.15) is 5.65 Å². The van der Waals surface area contributed by atoms with Crippen molar-refractivity contribution in [2.75, 3.05) is 13.1 Å². The van der Waals surface area contributed by atoms with Crippen molar-refractivity contribution < 1.29 is 0 Å². The van der Waals surface area contributed by atoms with Crippen LogP contribution >= 0.6 is 0 Å². The molecule has 0 atom stereocenters. The van der Waals surface area contributed by atoms with E-state index in [4.69, 9.17) is 0 Å². The largest absolute Gasteiger partial charge is 0.346 e. The zero-order valence-electron chi connectivity index (χ0n) is 13.8. The van der Waals surface area contributed by atoms with Crippen molar-refractivity contribution in [2.24, 2.45) is 0 Å². The molecule has 0 aliphatic carbocycles. The topological polar surface area (TPSA) is 31.9 Å². The molecule has 1 N–H and O–H groups in total. The van der Waals surface area contributed by atoms with Gasteiger partial charge in [0.05, 0.1) is 0 Å². The molecular weight excluding hydrogens is 282 g/mol. The quantitative estimate of drug-likeness (QED) is 0.786. The predicted octanol–water partition coefficient (Wildman–Crippen LogP) is 4.20. The molecular formula is C20H22N3. The van der Waals surface area contributed by atoms with Gasteiger partial charge >= 0.3 is 0 Å². The van der Waals surface area contributed by atoms with E-state index in [-0.39, 0.29) is 0 Å². The van der Waals surface area contributed by atoms with Crippen LogP contribution in [0.25, 0.3) is 22.2 Å². The van der Waals surface area contributed by atoms with Gasteiger partial charge in [-0.05, 0) is 47.2 Å². The lowest BCUT2D eigenvalue weighted by molar-refractivity contribution is 0.264. The fourth-order valence-electron chi connectivity index (χ4n) is 3.47. The Bertz CT molecular complexity index is 832. The second-order valence-corrected chi connectivity index (χ2v) is 6.79.